The number of halogens is 8. The molecule has 0 radical (unpaired) electrons. The van der Waals surface area contributed by atoms with E-state index in [1.165, 1.54) is 0 Å². The lowest BCUT2D eigenvalue weighted by Gasteiger charge is -2.06. The average Bonchev–Trinajstić information content (AvgIpc) is 3.07. The van der Waals surface area contributed by atoms with E-state index in [4.69, 9.17) is 4.42 Å². The summed E-state index contributed by atoms with van der Waals surface area (Å²) in [5, 5.41) is 6.54. The maximum Gasteiger partial charge on any atom is 0.416 e. The van der Waals surface area contributed by atoms with Crippen LogP contribution in [0.5, 0.6) is 0 Å². The first-order chi connectivity index (χ1) is 12.1. The lowest BCUT2D eigenvalue weighted by Crippen LogP contribution is -2.04. The Morgan fingerprint density at radius 2 is 1.12 bits per heavy atom. The molecule has 136 valence electrons. The van der Waals surface area contributed by atoms with Crippen LogP contribution in [0.2, 0.25) is 0 Å². The molecule has 0 saturated heterocycles. The standard InChI is InChI=1S/C15H4F8N2O/c16-8-7(9(17)11(19)12(20)10(8)18)14-25-24-13(26-14)5-1-3-6(4-2-5)15(21,22)23/h1-4H. The first-order valence-electron chi connectivity index (χ1n) is 6.64. The second-order valence-electron chi connectivity index (χ2n) is 4.93. The molecule has 0 N–H and O–H groups in total. The summed E-state index contributed by atoms with van der Waals surface area (Å²) in [6, 6.07) is 3.27. The van der Waals surface area contributed by atoms with Gasteiger partial charge in [0.05, 0.1) is 5.56 Å². The summed E-state index contributed by atoms with van der Waals surface area (Å²) < 4.78 is 109. The predicted octanol–water partition coefficient (Wildman–Crippen LogP) is 5.12. The van der Waals surface area contributed by atoms with E-state index in [0.717, 1.165) is 12.1 Å². The van der Waals surface area contributed by atoms with Gasteiger partial charge in [0.25, 0.3) is 5.89 Å². The second kappa shape index (κ2) is 6.07. The summed E-state index contributed by atoms with van der Waals surface area (Å²) >= 11 is 0. The number of benzene rings is 2. The van der Waals surface area contributed by atoms with E-state index < -0.39 is 58.2 Å². The molecule has 0 saturated carbocycles. The Morgan fingerprint density at radius 1 is 0.654 bits per heavy atom. The van der Waals surface area contributed by atoms with Crippen molar-refractivity contribution < 1.29 is 39.5 Å². The highest BCUT2D eigenvalue weighted by Crippen LogP contribution is 2.34. The molecule has 11 heteroatoms. The summed E-state index contributed by atoms with van der Waals surface area (Å²) in [5.74, 6) is -12.6. The molecule has 0 unspecified atom stereocenters. The van der Waals surface area contributed by atoms with Gasteiger partial charge in [-0.25, -0.2) is 22.0 Å². The molecule has 0 fully saturated rings. The van der Waals surface area contributed by atoms with Crippen LogP contribution in [0.3, 0.4) is 0 Å². The van der Waals surface area contributed by atoms with E-state index in [1.807, 2.05) is 0 Å². The number of hydrogen-bond acceptors (Lipinski definition) is 3. The van der Waals surface area contributed by atoms with Crippen LogP contribution in [0.15, 0.2) is 28.7 Å². The van der Waals surface area contributed by atoms with Crippen molar-refractivity contribution in [3.63, 3.8) is 0 Å². The van der Waals surface area contributed by atoms with Gasteiger partial charge in [0.1, 0.15) is 5.56 Å². The Labute approximate surface area is 138 Å². The van der Waals surface area contributed by atoms with Crippen LogP contribution in [-0.2, 0) is 6.18 Å². The Morgan fingerprint density at radius 3 is 1.62 bits per heavy atom. The molecule has 0 aliphatic rings. The fraction of sp³-hybridized carbons (Fsp3) is 0.0667. The number of hydrogen-bond donors (Lipinski definition) is 0. The number of rotatable bonds is 2. The van der Waals surface area contributed by atoms with Gasteiger partial charge in [0.2, 0.25) is 11.7 Å². The fourth-order valence-electron chi connectivity index (χ4n) is 2.04. The maximum absolute atomic E-state index is 13.7. The monoisotopic (exact) mass is 380 g/mol. The van der Waals surface area contributed by atoms with E-state index in [-0.39, 0.29) is 5.56 Å². The van der Waals surface area contributed by atoms with Gasteiger partial charge in [-0.1, -0.05) is 0 Å². The van der Waals surface area contributed by atoms with Crippen LogP contribution in [0.25, 0.3) is 22.9 Å². The summed E-state index contributed by atoms with van der Waals surface area (Å²) in [6.07, 6.45) is -4.59. The summed E-state index contributed by atoms with van der Waals surface area (Å²) in [7, 11) is 0. The maximum atomic E-state index is 13.7. The van der Waals surface area contributed by atoms with E-state index in [9.17, 15) is 35.1 Å². The third-order valence-electron chi connectivity index (χ3n) is 3.31. The Kier molecular flexibility index (Phi) is 4.17. The summed E-state index contributed by atoms with van der Waals surface area (Å²) in [6.45, 7) is 0. The SMILES string of the molecule is Fc1c(F)c(F)c(-c2nnc(-c3ccc(C(F)(F)F)cc3)o2)c(F)c1F. The van der Waals surface area contributed by atoms with Crippen molar-refractivity contribution in [3.8, 4) is 22.9 Å². The number of alkyl halides is 3. The summed E-state index contributed by atoms with van der Waals surface area (Å²) in [4.78, 5) is 0. The van der Waals surface area contributed by atoms with E-state index >= 15 is 0 Å². The topological polar surface area (TPSA) is 38.9 Å². The molecule has 2 aromatic carbocycles. The normalized spacial score (nSPS) is 11.8. The van der Waals surface area contributed by atoms with Crippen LogP contribution in [0.1, 0.15) is 5.56 Å². The highest BCUT2D eigenvalue weighted by Gasteiger charge is 2.31. The molecule has 0 bridgehead atoms. The second-order valence-corrected chi connectivity index (χ2v) is 4.93. The van der Waals surface area contributed by atoms with Crippen molar-refractivity contribution in [1.82, 2.24) is 10.2 Å². The third kappa shape index (κ3) is 2.89. The van der Waals surface area contributed by atoms with Gasteiger partial charge < -0.3 is 4.42 Å². The zero-order chi connectivity index (χ0) is 19.2. The van der Waals surface area contributed by atoms with Gasteiger partial charge in [-0.3, -0.25) is 0 Å². The van der Waals surface area contributed by atoms with Crippen LogP contribution >= 0.6 is 0 Å². The molecule has 0 aliphatic carbocycles. The molecule has 0 atom stereocenters. The van der Waals surface area contributed by atoms with Crippen molar-refractivity contribution in [1.29, 1.82) is 0 Å². The molecule has 0 amide bonds. The van der Waals surface area contributed by atoms with Crippen LogP contribution in [-0.4, -0.2) is 10.2 Å². The van der Waals surface area contributed by atoms with E-state index in [2.05, 4.69) is 10.2 Å². The molecular formula is C15H4F8N2O. The van der Waals surface area contributed by atoms with Gasteiger partial charge in [0.15, 0.2) is 23.3 Å². The van der Waals surface area contributed by atoms with Gasteiger partial charge in [-0.15, -0.1) is 10.2 Å². The van der Waals surface area contributed by atoms with Crippen LogP contribution < -0.4 is 0 Å². The van der Waals surface area contributed by atoms with E-state index in [1.54, 1.807) is 0 Å². The molecule has 26 heavy (non-hydrogen) atoms. The Hall–Kier alpha value is -2.98. The van der Waals surface area contributed by atoms with Gasteiger partial charge >= 0.3 is 6.18 Å². The first kappa shape index (κ1) is 17.8. The van der Waals surface area contributed by atoms with Gasteiger partial charge in [0, 0.05) is 5.56 Å². The van der Waals surface area contributed by atoms with Crippen molar-refractivity contribution in [3.05, 3.63) is 58.9 Å². The molecule has 3 nitrogen and oxygen atoms in total. The number of nitrogens with zero attached hydrogens (tertiary/aromatic N) is 2. The van der Waals surface area contributed by atoms with Crippen molar-refractivity contribution in [2.24, 2.45) is 0 Å². The fourth-order valence-corrected chi connectivity index (χ4v) is 2.04. The van der Waals surface area contributed by atoms with Crippen molar-refractivity contribution >= 4 is 0 Å². The van der Waals surface area contributed by atoms with Gasteiger partial charge in [-0.05, 0) is 24.3 Å². The Balaban J connectivity index is 2.04. The third-order valence-corrected chi connectivity index (χ3v) is 3.31. The minimum atomic E-state index is -4.59. The largest absolute Gasteiger partial charge is 0.416 e. The summed E-state index contributed by atoms with van der Waals surface area (Å²) in [5.41, 5.74) is -2.46. The molecule has 1 aromatic heterocycles. The molecule has 0 spiro atoms. The Bertz CT molecular complexity index is 950. The minimum Gasteiger partial charge on any atom is -0.416 e. The first-order valence-corrected chi connectivity index (χ1v) is 6.64. The average molecular weight is 380 g/mol. The quantitative estimate of drug-likeness (QED) is 0.352. The zero-order valence-corrected chi connectivity index (χ0v) is 12.1. The predicted molar refractivity (Wildman–Crippen MR) is 70.0 cm³/mol. The van der Waals surface area contributed by atoms with Crippen molar-refractivity contribution in [2.75, 3.05) is 0 Å². The lowest BCUT2D eigenvalue weighted by molar-refractivity contribution is -0.137. The number of aromatic nitrogens is 2. The molecule has 3 rings (SSSR count). The van der Waals surface area contributed by atoms with Gasteiger partial charge in [-0.2, -0.15) is 13.2 Å². The molecular weight excluding hydrogens is 376 g/mol. The van der Waals surface area contributed by atoms with E-state index in [0.29, 0.717) is 12.1 Å². The highest BCUT2D eigenvalue weighted by atomic mass is 19.4. The minimum absolute atomic E-state index is 0.0550. The van der Waals surface area contributed by atoms with Crippen LogP contribution in [0.4, 0.5) is 35.1 Å². The molecule has 3 aromatic rings. The van der Waals surface area contributed by atoms with Crippen molar-refractivity contribution in [2.45, 2.75) is 6.18 Å². The van der Waals surface area contributed by atoms with Crippen LogP contribution in [0, 0.1) is 29.1 Å². The molecule has 0 aliphatic heterocycles. The zero-order valence-electron chi connectivity index (χ0n) is 12.1. The lowest BCUT2D eigenvalue weighted by atomic mass is 10.1. The highest BCUT2D eigenvalue weighted by molar-refractivity contribution is 5.59. The molecule has 1 heterocycles. The smallest absolute Gasteiger partial charge is 0.416 e.